The van der Waals surface area contributed by atoms with Crippen LogP contribution in [0.4, 0.5) is 0 Å². The van der Waals surface area contributed by atoms with Gasteiger partial charge >= 0.3 is 0 Å². The molecule has 0 aliphatic heterocycles. The Balaban J connectivity index is 2.26. The van der Waals surface area contributed by atoms with Crippen molar-refractivity contribution in [1.82, 2.24) is 10.2 Å². The van der Waals surface area contributed by atoms with Crippen LogP contribution in [0.3, 0.4) is 0 Å². The summed E-state index contributed by atoms with van der Waals surface area (Å²) in [5.41, 5.74) is 1.24. The Morgan fingerprint density at radius 2 is 2.14 bits per heavy atom. The van der Waals surface area contributed by atoms with Gasteiger partial charge in [0.2, 0.25) is 0 Å². The lowest BCUT2D eigenvalue weighted by Crippen LogP contribution is -1.98. The minimum Gasteiger partial charge on any atom is -0.285 e. The van der Waals surface area contributed by atoms with Gasteiger partial charge in [0, 0.05) is 12.1 Å². The van der Waals surface area contributed by atoms with Gasteiger partial charge in [-0.2, -0.15) is 5.10 Å². The second kappa shape index (κ2) is 6.63. The zero-order chi connectivity index (χ0) is 10.2. The third-order valence-electron chi connectivity index (χ3n) is 2.84. The summed E-state index contributed by atoms with van der Waals surface area (Å²) < 4.78 is 0. The summed E-state index contributed by atoms with van der Waals surface area (Å²) in [6, 6.07) is 2.11. The lowest BCUT2D eigenvalue weighted by molar-refractivity contribution is 0.532. The van der Waals surface area contributed by atoms with Crippen molar-refractivity contribution >= 4 is 0 Å². The molecule has 0 saturated heterocycles. The third kappa shape index (κ3) is 3.52. The maximum Gasteiger partial charge on any atom is 0.0652 e. The van der Waals surface area contributed by atoms with E-state index in [0.29, 0.717) is 5.92 Å². The first-order valence-corrected chi connectivity index (χ1v) is 5.88. The van der Waals surface area contributed by atoms with Crippen molar-refractivity contribution in [2.24, 2.45) is 0 Å². The van der Waals surface area contributed by atoms with E-state index in [2.05, 4.69) is 30.1 Å². The molecule has 0 fully saturated rings. The van der Waals surface area contributed by atoms with Gasteiger partial charge in [-0.15, -0.1) is 0 Å². The first-order chi connectivity index (χ1) is 6.88. The van der Waals surface area contributed by atoms with E-state index >= 15 is 0 Å². The zero-order valence-corrected chi connectivity index (χ0v) is 9.42. The van der Waals surface area contributed by atoms with Crippen molar-refractivity contribution in [2.45, 2.75) is 58.3 Å². The highest BCUT2D eigenvalue weighted by molar-refractivity contribution is 5.04. The van der Waals surface area contributed by atoms with Crippen molar-refractivity contribution in [3.63, 3.8) is 0 Å². The van der Waals surface area contributed by atoms with Gasteiger partial charge < -0.3 is 0 Å². The smallest absolute Gasteiger partial charge is 0.0652 e. The predicted molar refractivity (Wildman–Crippen MR) is 60.4 cm³/mol. The van der Waals surface area contributed by atoms with Gasteiger partial charge in [-0.3, -0.25) is 5.10 Å². The van der Waals surface area contributed by atoms with Gasteiger partial charge in [0.1, 0.15) is 0 Å². The van der Waals surface area contributed by atoms with Crippen LogP contribution in [0.15, 0.2) is 12.3 Å². The minimum atomic E-state index is 0.665. The summed E-state index contributed by atoms with van der Waals surface area (Å²) >= 11 is 0. The minimum absolute atomic E-state index is 0.665. The molecule has 0 aliphatic carbocycles. The van der Waals surface area contributed by atoms with E-state index in [9.17, 15) is 0 Å². The molecular weight excluding hydrogens is 172 g/mol. The molecule has 0 spiro atoms. The molecule has 1 N–H and O–H groups in total. The molecule has 1 unspecified atom stereocenters. The number of nitrogens with one attached hydrogen (secondary N) is 1. The van der Waals surface area contributed by atoms with Gasteiger partial charge in [-0.1, -0.05) is 39.5 Å². The summed E-state index contributed by atoms with van der Waals surface area (Å²) in [5.74, 6) is 0.665. The highest BCUT2D eigenvalue weighted by Crippen LogP contribution is 2.23. The van der Waals surface area contributed by atoms with Crippen molar-refractivity contribution in [1.29, 1.82) is 0 Å². The first kappa shape index (κ1) is 11.3. The van der Waals surface area contributed by atoms with Crippen molar-refractivity contribution in [3.05, 3.63) is 18.0 Å². The average molecular weight is 194 g/mol. The molecule has 80 valence electrons. The van der Waals surface area contributed by atoms with Crippen LogP contribution in [0.25, 0.3) is 0 Å². The average Bonchev–Trinajstić information content (AvgIpc) is 2.71. The van der Waals surface area contributed by atoms with E-state index in [1.54, 1.807) is 0 Å². The monoisotopic (exact) mass is 194 g/mol. The fourth-order valence-electron chi connectivity index (χ4n) is 1.88. The Kier molecular flexibility index (Phi) is 5.35. The van der Waals surface area contributed by atoms with Gasteiger partial charge in [0.15, 0.2) is 0 Å². The highest BCUT2D eigenvalue weighted by atomic mass is 15.1. The van der Waals surface area contributed by atoms with Crippen LogP contribution < -0.4 is 0 Å². The SMILES string of the molecule is CCCCCCC(CC)c1cc[nH]n1. The van der Waals surface area contributed by atoms with Crippen LogP contribution in [-0.4, -0.2) is 10.2 Å². The second-order valence-electron chi connectivity index (χ2n) is 3.95. The summed E-state index contributed by atoms with van der Waals surface area (Å²) in [6.07, 6.45) is 9.83. The van der Waals surface area contributed by atoms with Crippen molar-refractivity contribution in [2.75, 3.05) is 0 Å². The number of aromatic nitrogens is 2. The molecule has 0 saturated carbocycles. The van der Waals surface area contributed by atoms with Crippen molar-refractivity contribution < 1.29 is 0 Å². The number of unbranched alkanes of at least 4 members (excludes halogenated alkanes) is 3. The Bertz CT molecular complexity index is 216. The van der Waals surface area contributed by atoms with Crippen LogP contribution in [0.5, 0.6) is 0 Å². The molecule has 14 heavy (non-hydrogen) atoms. The van der Waals surface area contributed by atoms with Gasteiger partial charge in [0.05, 0.1) is 5.69 Å². The van der Waals surface area contributed by atoms with Crippen LogP contribution in [-0.2, 0) is 0 Å². The summed E-state index contributed by atoms with van der Waals surface area (Å²) in [6.45, 7) is 4.50. The Hall–Kier alpha value is -0.790. The number of hydrogen-bond donors (Lipinski definition) is 1. The lowest BCUT2D eigenvalue weighted by Gasteiger charge is -2.11. The lowest BCUT2D eigenvalue weighted by atomic mass is 9.95. The molecule has 1 aromatic rings. The number of nitrogens with zero attached hydrogens (tertiary/aromatic N) is 1. The Morgan fingerprint density at radius 3 is 2.71 bits per heavy atom. The Morgan fingerprint density at radius 1 is 1.29 bits per heavy atom. The van der Waals surface area contributed by atoms with Crippen LogP contribution in [0.1, 0.15) is 64.0 Å². The molecule has 1 atom stereocenters. The Labute approximate surface area is 87.1 Å². The van der Waals surface area contributed by atoms with Crippen LogP contribution in [0, 0.1) is 0 Å². The maximum absolute atomic E-state index is 4.26. The highest BCUT2D eigenvalue weighted by Gasteiger charge is 2.10. The fourth-order valence-corrected chi connectivity index (χ4v) is 1.88. The second-order valence-corrected chi connectivity index (χ2v) is 3.95. The fraction of sp³-hybridized carbons (Fsp3) is 0.750. The largest absolute Gasteiger partial charge is 0.285 e. The van der Waals surface area contributed by atoms with E-state index in [4.69, 9.17) is 0 Å². The van der Waals surface area contributed by atoms with E-state index in [1.165, 1.54) is 44.2 Å². The molecular formula is C12H22N2. The molecule has 0 aromatic carbocycles. The van der Waals surface area contributed by atoms with Gasteiger partial charge in [-0.25, -0.2) is 0 Å². The maximum atomic E-state index is 4.26. The predicted octanol–water partition coefficient (Wildman–Crippen LogP) is 3.87. The van der Waals surface area contributed by atoms with Gasteiger partial charge in [0.25, 0.3) is 0 Å². The molecule has 1 rings (SSSR count). The van der Waals surface area contributed by atoms with Gasteiger partial charge in [-0.05, 0) is 18.9 Å². The molecule has 0 aliphatic rings. The van der Waals surface area contributed by atoms with E-state index < -0.39 is 0 Å². The third-order valence-corrected chi connectivity index (χ3v) is 2.84. The van der Waals surface area contributed by atoms with Crippen LogP contribution >= 0.6 is 0 Å². The summed E-state index contributed by atoms with van der Waals surface area (Å²) in [7, 11) is 0. The summed E-state index contributed by atoms with van der Waals surface area (Å²) in [5, 5.41) is 7.16. The molecule has 0 bridgehead atoms. The topological polar surface area (TPSA) is 28.7 Å². The molecule has 0 radical (unpaired) electrons. The van der Waals surface area contributed by atoms with E-state index in [0.717, 1.165) is 0 Å². The molecule has 1 aromatic heterocycles. The molecule has 0 amide bonds. The number of H-pyrrole nitrogens is 1. The number of rotatable bonds is 7. The first-order valence-electron chi connectivity index (χ1n) is 5.88. The standard InChI is InChI=1S/C12H22N2/c1-3-5-6-7-8-11(4-2)12-9-10-13-14-12/h9-11H,3-8H2,1-2H3,(H,13,14). The number of hydrogen-bond acceptors (Lipinski definition) is 1. The normalized spacial score (nSPS) is 13.0. The van der Waals surface area contributed by atoms with Crippen molar-refractivity contribution in [3.8, 4) is 0 Å². The molecule has 1 heterocycles. The zero-order valence-electron chi connectivity index (χ0n) is 9.42. The van der Waals surface area contributed by atoms with E-state index in [1.807, 2.05) is 6.20 Å². The molecule has 2 heteroatoms. The van der Waals surface area contributed by atoms with E-state index in [-0.39, 0.29) is 0 Å². The number of aromatic amines is 1. The van der Waals surface area contributed by atoms with Crippen LogP contribution in [0.2, 0.25) is 0 Å². The quantitative estimate of drug-likeness (QED) is 0.656. The summed E-state index contributed by atoms with van der Waals surface area (Å²) in [4.78, 5) is 0. The molecule has 2 nitrogen and oxygen atoms in total.